The maximum Gasteiger partial charge on any atom is 0.131 e. The van der Waals surface area contributed by atoms with Crippen LogP contribution in [0.3, 0.4) is 0 Å². The van der Waals surface area contributed by atoms with E-state index in [0.29, 0.717) is 11.5 Å². The molecule has 2 heteroatoms. The third kappa shape index (κ3) is 3.47. The van der Waals surface area contributed by atoms with Gasteiger partial charge in [-0.25, -0.2) is 4.39 Å². The summed E-state index contributed by atoms with van der Waals surface area (Å²) < 4.78 is 15.6. The Morgan fingerprint density at radius 3 is 2.24 bits per heavy atom. The van der Waals surface area contributed by atoms with Gasteiger partial charge in [-0.15, -0.1) is 0 Å². The second-order valence-electron chi connectivity index (χ2n) is 6.20. The lowest BCUT2D eigenvalue weighted by molar-refractivity contribution is 0.347. The van der Waals surface area contributed by atoms with Crippen molar-refractivity contribution >= 4 is 22.6 Å². The predicted molar refractivity (Wildman–Crippen MR) is 94.9 cm³/mol. The summed E-state index contributed by atoms with van der Waals surface area (Å²) in [7, 11) is 0. The molecule has 0 nitrogen and oxygen atoms in total. The first-order chi connectivity index (χ1) is 10.1. The van der Waals surface area contributed by atoms with Gasteiger partial charge in [-0.1, -0.05) is 44.0 Å². The van der Waals surface area contributed by atoms with Crippen LogP contribution in [0.4, 0.5) is 4.39 Å². The van der Waals surface area contributed by atoms with Crippen molar-refractivity contribution in [3.05, 3.63) is 57.4 Å². The van der Waals surface area contributed by atoms with E-state index in [1.807, 2.05) is 30.3 Å². The van der Waals surface area contributed by atoms with Crippen LogP contribution in [0, 0.1) is 15.3 Å². The predicted octanol–water partition coefficient (Wildman–Crippen LogP) is 6.39. The van der Waals surface area contributed by atoms with Crippen LogP contribution in [0.5, 0.6) is 0 Å². The fourth-order valence-electron chi connectivity index (χ4n) is 3.24. The Bertz CT molecular complexity index is 610. The Hall–Kier alpha value is -0.900. The van der Waals surface area contributed by atoms with E-state index >= 15 is 0 Å². The molecule has 3 rings (SSSR count). The molecule has 0 heterocycles. The molecule has 0 amide bonds. The van der Waals surface area contributed by atoms with E-state index in [4.69, 9.17) is 0 Å². The van der Waals surface area contributed by atoms with E-state index < -0.39 is 0 Å². The van der Waals surface area contributed by atoms with Gasteiger partial charge in [-0.2, -0.15) is 0 Å². The number of rotatable bonds is 2. The summed E-state index contributed by atoms with van der Waals surface area (Å²) in [5, 5.41) is 0. The van der Waals surface area contributed by atoms with Gasteiger partial charge in [0.25, 0.3) is 0 Å². The Kier molecular flexibility index (Phi) is 4.63. The van der Waals surface area contributed by atoms with Gasteiger partial charge in [0.05, 0.1) is 0 Å². The lowest BCUT2D eigenvalue weighted by atomic mass is 9.79. The van der Waals surface area contributed by atoms with Gasteiger partial charge in [0.1, 0.15) is 5.82 Å². The summed E-state index contributed by atoms with van der Waals surface area (Å²) in [5.41, 5.74) is 2.84. The van der Waals surface area contributed by atoms with E-state index in [1.165, 1.54) is 34.8 Å². The van der Waals surface area contributed by atoms with Crippen molar-refractivity contribution in [2.45, 2.75) is 38.5 Å². The van der Waals surface area contributed by atoms with E-state index in [2.05, 4.69) is 35.6 Å². The number of benzene rings is 2. The highest BCUT2D eigenvalue weighted by Crippen LogP contribution is 2.36. The van der Waals surface area contributed by atoms with Crippen LogP contribution < -0.4 is 0 Å². The zero-order chi connectivity index (χ0) is 14.8. The molecule has 1 aliphatic carbocycles. The van der Waals surface area contributed by atoms with Crippen LogP contribution in [0.2, 0.25) is 0 Å². The lowest BCUT2D eigenvalue weighted by Gasteiger charge is -2.26. The normalized spacial score (nSPS) is 22.2. The van der Waals surface area contributed by atoms with Crippen LogP contribution in [0.15, 0.2) is 42.5 Å². The first-order valence-corrected chi connectivity index (χ1v) is 8.77. The fraction of sp³-hybridized carbons (Fsp3) is 0.368. The molecule has 0 aromatic heterocycles. The van der Waals surface area contributed by atoms with Gasteiger partial charge in [0, 0.05) is 9.13 Å². The standard InChI is InChI=1S/C19H20FI/c1-13-2-4-14(5-3-13)16-8-11-18(19(20)12-16)15-6-9-17(21)10-7-15/h6-14H,2-5H2,1H3. The van der Waals surface area contributed by atoms with Crippen molar-refractivity contribution in [2.24, 2.45) is 5.92 Å². The van der Waals surface area contributed by atoms with Crippen molar-refractivity contribution in [2.75, 3.05) is 0 Å². The van der Waals surface area contributed by atoms with E-state index in [-0.39, 0.29) is 5.82 Å². The highest BCUT2D eigenvalue weighted by atomic mass is 127. The molecule has 2 aromatic rings. The minimum absolute atomic E-state index is 0.0904. The van der Waals surface area contributed by atoms with E-state index in [1.54, 1.807) is 6.07 Å². The van der Waals surface area contributed by atoms with Crippen molar-refractivity contribution in [3.8, 4) is 11.1 Å². The van der Waals surface area contributed by atoms with Gasteiger partial charge in [-0.05, 0) is 76.6 Å². The summed E-state index contributed by atoms with van der Waals surface area (Å²) in [5.74, 6) is 1.28. The summed E-state index contributed by atoms with van der Waals surface area (Å²) >= 11 is 2.27. The van der Waals surface area contributed by atoms with Crippen molar-refractivity contribution < 1.29 is 4.39 Å². The van der Waals surface area contributed by atoms with E-state index in [9.17, 15) is 4.39 Å². The monoisotopic (exact) mass is 394 g/mol. The molecule has 21 heavy (non-hydrogen) atoms. The molecule has 0 spiro atoms. The second-order valence-corrected chi connectivity index (χ2v) is 7.45. The van der Waals surface area contributed by atoms with Crippen LogP contribution >= 0.6 is 22.6 Å². The zero-order valence-electron chi connectivity index (χ0n) is 12.3. The summed E-state index contributed by atoms with van der Waals surface area (Å²) in [6, 6.07) is 13.8. The van der Waals surface area contributed by atoms with Crippen LogP contribution in [0.1, 0.15) is 44.1 Å². The molecule has 2 aromatic carbocycles. The minimum Gasteiger partial charge on any atom is -0.206 e. The topological polar surface area (TPSA) is 0 Å². The summed E-state index contributed by atoms with van der Waals surface area (Å²) in [6.07, 6.45) is 4.93. The largest absolute Gasteiger partial charge is 0.206 e. The van der Waals surface area contributed by atoms with Gasteiger partial charge in [0.2, 0.25) is 0 Å². The SMILES string of the molecule is CC1CCC(c2ccc(-c3ccc(I)cc3)c(F)c2)CC1. The van der Waals surface area contributed by atoms with Crippen molar-refractivity contribution in [1.29, 1.82) is 0 Å². The molecule has 1 fully saturated rings. The first kappa shape index (κ1) is 15.0. The lowest BCUT2D eigenvalue weighted by Crippen LogP contribution is -2.11. The quantitative estimate of drug-likeness (QED) is 0.518. The highest BCUT2D eigenvalue weighted by molar-refractivity contribution is 14.1. The van der Waals surface area contributed by atoms with Crippen LogP contribution in [0.25, 0.3) is 11.1 Å². The average molecular weight is 394 g/mol. The average Bonchev–Trinajstić information content (AvgIpc) is 2.49. The summed E-state index contributed by atoms with van der Waals surface area (Å²) in [4.78, 5) is 0. The van der Waals surface area contributed by atoms with E-state index in [0.717, 1.165) is 11.5 Å². The van der Waals surface area contributed by atoms with Crippen molar-refractivity contribution in [1.82, 2.24) is 0 Å². The maximum atomic E-state index is 14.5. The van der Waals surface area contributed by atoms with Crippen molar-refractivity contribution in [3.63, 3.8) is 0 Å². The van der Waals surface area contributed by atoms with Gasteiger partial charge in [0.15, 0.2) is 0 Å². The summed E-state index contributed by atoms with van der Waals surface area (Å²) in [6.45, 7) is 2.32. The van der Waals surface area contributed by atoms with Gasteiger partial charge < -0.3 is 0 Å². The Balaban J connectivity index is 1.84. The molecule has 1 aliphatic rings. The molecule has 0 radical (unpaired) electrons. The second kappa shape index (κ2) is 6.47. The van der Waals surface area contributed by atoms with Crippen LogP contribution in [-0.4, -0.2) is 0 Å². The molecule has 0 saturated heterocycles. The molecule has 0 bridgehead atoms. The minimum atomic E-state index is -0.0904. The molecule has 0 atom stereocenters. The number of hydrogen-bond acceptors (Lipinski definition) is 0. The molecule has 110 valence electrons. The smallest absolute Gasteiger partial charge is 0.131 e. The third-order valence-electron chi connectivity index (χ3n) is 4.64. The zero-order valence-corrected chi connectivity index (χ0v) is 14.4. The Labute approximate surface area is 139 Å². The van der Waals surface area contributed by atoms with Crippen LogP contribution in [-0.2, 0) is 0 Å². The third-order valence-corrected chi connectivity index (χ3v) is 5.35. The molecular weight excluding hydrogens is 374 g/mol. The Morgan fingerprint density at radius 2 is 1.62 bits per heavy atom. The van der Waals surface area contributed by atoms with Gasteiger partial charge in [-0.3, -0.25) is 0 Å². The first-order valence-electron chi connectivity index (χ1n) is 7.69. The molecule has 0 aliphatic heterocycles. The fourth-order valence-corrected chi connectivity index (χ4v) is 3.60. The highest BCUT2D eigenvalue weighted by Gasteiger charge is 2.20. The molecule has 0 N–H and O–H groups in total. The molecule has 0 unspecified atom stereocenters. The molecule has 1 saturated carbocycles. The van der Waals surface area contributed by atoms with Gasteiger partial charge >= 0.3 is 0 Å². The number of halogens is 2. The Morgan fingerprint density at radius 1 is 0.952 bits per heavy atom. The maximum absolute atomic E-state index is 14.5. The molecular formula is C19H20FI. The number of hydrogen-bond donors (Lipinski definition) is 0.